The number of aliphatic imine (C=N–C) groups is 1. The Labute approximate surface area is 620 Å². The summed E-state index contributed by atoms with van der Waals surface area (Å²) in [5.41, 5.74) is 17.3. The predicted molar refractivity (Wildman–Crippen MR) is 387 cm³/mol. The van der Waals surface area contributed by atoms with Crippen LogP contribution in [0.25, 0.3) is 0 Å². The van der Waals surface area contributed by atoms with Crippen molar-refractivity contribution in [3.63, 3.8) is 0 Å². The zero-order valence-electron chi connectivity index (χ0n) is 61.8. The second-order valence-electron chi connectivity index (χ2n) is 28.0. The van der Waals surface area contributed by atoms with Gasteiger partial charge in [-0.05, 0) is 138 Å². The molecule has 106 heavy (non-hydrogen) atoms. The van der Waals surface area contributed by atoms with Gasteiger partial charge in [0.25, 0.3) is 0 Å². The van der Waals surface area contributed by atoms with Gasteiger partial charge in [-0.2, -0.15) is 11.8 Å². The largest absolute Gasteiger partial charge is 0.508 e. The van der Waals surface area contributed by atoms with Crippen molar-refractivity contribution >= 4 is 107 Å². The van der Waals surface area contributed by atoms with Gasteiger partial charge in [0.1, 0.15) is 78.3 Å². The molecule has 37 heteroatoms. The minimum atomic E-state index is -1.69. The Bertz CT molecular complexity index is 3290. The Balaban J connectivity index is 1.47. The molecule has 1 aromatic carbocycles. The molecule has 3 heterocycles. The molecule has 0 bridgehead atoms. The van der Waals surface area contributed by atoms with E-state index >= 15 is 0 Å². The number of nitrogens with two attached hydrogens (primary N) is 3. The lowest BCUT2D eigenvalue weighted by Gasteiger charge is -2.33. The number of thioether (sulfide) groups is 1. The molecule has 36 nitrogen and oxygen atoms in total. The number of likely N-dealkylation sites (tertiary alicyclic amines) is 3. The molecule has 0 aliphatic carbocycles. The summed E-state index contributed by atoms with van der Waals surface area (Å²) in [5, 5.41) is 72.9. The molecule has 0 saturated carbocycles. The van der Waals surface area contributed by atoms with Gasteiger partial charge in [0.05, 0.1) is 12.1 Å². The molecule has 3 saturated heterocycles. The highest BCUT2D eigenvalue weighted by molar-refractivity contribution is 7.98. The Morgan fingerprint density at radius 2 is 1.03 bits per heavy atom. The fourth-order valence-corrected chi connectivity index (χ4v) is 13.1. The smallest absolute Gasteiger partial charge is 0.326 e. The van der Waals surface area contributed by atoms with Crippen LogP contribution in [0.3, 0.4) is 0 Å². The fourth-order valence-electron chi connectivity index (χ4n) is 12.6. The van der Waals surface area contributed by atoms with E-state index in [2.05, 4.69) is 52.8 Å². The summed E-state index contributed by atoms with van der Waals surface area (Å²) in [6, 6.07) is -12.1. The van der Waals surface area contributed by atoms with E-state index in [0.717, 1.165) is 0 Å². The first kappa shape index (κ1) is 89.0. The third-order valence-corrected chi connectivity index (χ3v) is 19.4. The van der Waals surface area contributed by atoms with Crippen molar-refractivity contribution in [3.05, 3.63) is 29.8 Å². The van der Waals surface area contributed by atoms with E-state index in [9.17, 15) is 92.3 Å². The van der Waals surface area contributed by atoms with Crippen LogP contribution in [0.2, 0.25) is 0 Å². The highest BCUT2D eigenvalue weighted by atomic mass is 32.2. The van der Waals surface area contributed by atoms with Crippen LogP contribution in [0.4, 0.5) is 0 Å². The van der Waals surface area contributed by atoms with Gasteiger partial charge in [0.2, 0.25) is 70.9 Å². The average molecular weight is 1520 g/mol. The molecule has 0 radical (unpaired) electrons. The van der Waals surface area contributed by atoms with Crippen molar-refractivity contribution in [2.45, 2.75) is 243 Å². The number of rotatable bonds is 43. The van der Waals surface area contributed by atoms with Crippen molar-refractivity contribution in [1.82, 2.24) is 62.6 Å². The highest BCUT2D eigenvalue weighted by Gasteiger charge is 2.46. The molecule has 0 aromatic heterocycles. The van der Waals surface area contributed by atoms with Gasteiger partial charge in [-0.15, -0.1) is 0 Å². The summed E-state index contributed by atoms with van der Waals surface area (Å²) < 4.78 is 0. The second kappa shape index (κ2) is 43.3. The monoisotopic (exact) mass is 1510 g/mol. The minimum Gasteiger partial charge on any atom is -0.508 e. The maximum Gasteiger partial charge on any atom is 0.326 e. The number of guanidine groups is 1. The van der Waals surface area contributed by atoms with Crippen LogP contribution >= 0.6 is 11.8 Å². The lowest BCUT2D eigenvalue weighted by atomic mass is 9.95. The number of amides is 12. The number of aliphatic hydroxyl groups excluding tert-OH is 1. The van der Waals surface area contributed by atoms with Crippen LogP contribution in [0, 0.1) is 17.8 Å². The number of carbonyl (C=O) groups is 15. The lowest BCUT2D eigenvalue weighted by Crippen LogP contribution is -2.62. The number of nitrogens with one attached hydrogen (secondary N) is 9. The first-order valence-electron chi connectivity index (χ1n) is 36.0. The number of nitrogens with zero attached hydrogens (tertiary/aromatic N) is 4. The number of hydrogen-bond acceptors (Lipinski definition) is 20. The predicted octanol–water partition coefficient (Wildman–Crippen LogP) is -2.63. The van der Waals surface area contributed by atoms with E-state index in [1.807, 2.05) is 20.8 Å². The van der Waals surface area contributed by atoms with Crippen LogP contribution in [-0.4, -0.2) is 258 Å². The van der Waals surface area contributed by atoms with Crippen LogP contribution in [0.1, 0.15) is 157 Å². The van der Waals surface area contributed by atoms with Gasteiger partial charge in [-0.1, -0.05) is 60.1 Å². The molecule has 4 rings (SSSR count). The van der Waals surface area contributed by atoms with Gasteiger partial charge in [0.15, 0.2) is 5.96 Å². The summed E-state index contributed by atoms with van der Waals surface area (Å²) in [7, 11) is 0. The van der Waals surface area contributed by atoms with Crippen molar-refractivity contribution in [2.24, 2.45) is 39.9 Å². The molecule has 3 aliphatic heterocycles. The second-order valence-corrected chi connectivity index (χ2v) is 29.0. The normalized spacial score (nSPS) is 19.0. The number of phenolic OH excluding ortho intramolecular Hbond substituents is 1. The number of hydrogen-bond donors (Lipinski definition) is 17. The average Bonchev–Trinajstić information content (AvgIpc) is 1.63. The van der Waals surface area contributed by atoms with Crippen molar-refractivity contribution in [1.29, 1.82) is 0 Å². The van der Waals surface area contributed by atoms with E-state index in [1.54, 1.807) is 27.0 Å². The summed E-state index contributed by atoms with van der Waals surface area (Å²) >= 11 is 1.28. The van der Waals surface area contributed by atoms with Crippen LogP contribution in [0.15, 0.2) is 29.3 Å². The number of aromatic hydroxyl groups is 1. The topological polar surface area (TPSA) is 566 Å². The molecule has 592 valence electrons. The SMILES string of the molecule is CCC(C)C(NC(=O)C(NC(=O)C(N)CCCN=C(N)N)C(C)C)C(=O)NC(CC(C)C)C(=O)N1CCCC1C(=O)NC(C(=O)NC(C)C(=O)N1CCCC1C(=O)N1CCCC1C(=O)NC(CCC(=O)O)C(=O)NC(Cc1ccc(O)cc1)C(=O)NC(CCSC)C(=O)NC(CCC(=O)O)C(=O)O)C(C)O. The molecule has 20 N–H and O–H groups in total. The van der Waals surface area contributed by atoms with Crippen molar-refractivity contribution in [2.75, 3.05) is 38.2 Å². The standard InChI is InChI=1S/C69H110N16O20S/c1-10-37(6)54(81-62(98)53(36(4)5)80-56(92)42(70)15-11-28-73-69(71)72)63(99)79-47(33-35(2)3)66(102)83-29-12-17-49(83)61(97)82-55(39(8)86)64(100)74-38(7)65(101)85-31-14-18-50(85)67(103)84-30-13-16-48(84)60(96)76-43(23-25-51(88)89)57(93)78-46(34-40-19-21-41(87)22-20-40)59(95)75-44(27-32-106-9)58(94)77-45(68(104)105)24-26-52(90)91/h19-22,35-39,42-50,53-55,86-87H,10-18,23-34,70H2,1-9H3,(H,74,100)(H,75,95)(H,76,96)(H,77,94)(H,78,93)(H,79,99)(H,80,92)(H,81,98)(H,82,97)(H,88,89)(H,90,91)(H,104,105)(H4,71,72,73). The summed E-state index contributed by atoms with van der Waals surface area (Å²) in [4.78, 5) is 213. The third kappa shape index (κ3) is 27.5. The van der Waals surface area contributed by atoms with Gasteiger partial charge >= 0.3 is 17.9 Å². The zero-order chi connectivity index (χ0) is 79.4. The Morgan fingerprint density at radius 3 is 1.57 bits per heavy atom. The maximum absolute atomic E-state index is 14.6. The Hall–Kier alpha value is -9.39. The molecule has 15 unspecified atom stereocenters. The molecule has 1 aromatic rings. The van der Waals surface area contributed by atoms with Gasteiger partial charge in [-0.25, -0.2) is 4.79 Å². The number of carboxylic acids is 3. The highest BCUT2D eigenvalue weighted by Crippen LogP contribution is 2.27. The number of carbonyl (C=O) groups excluding carboxylic acids is 12. The van der Waals surface area contributed by atoms with Crippen LogP contribution < -0.4 is 65.1 Å². The first-order chi connectivity index (χ1) is 49.9. The lowest BCUT2D eigenvalue weighted by molar-refractivity contribution is -0.148. The van der Waals surface area contributed by atoms with Gasteiger partial charge < -0.3 is 105 Å². The van der Waals surface area contributed by atoms with E-state index in [0.29, 0.717) is 31.2 Å². The fraction of sp³-hybridized carbons (Fsp3) is 0.681. The number of phenols is 1. The third-order valence-electron chi connectivity index (χ3n) is 18.8. The molecule has 15 atom stereocenters. The van der Waals surface area contributed by atoms with Gasteiger partial charge in [0, 0.05) is 45.4 Å². The van der Waals surface area contributed by atoms with Crippen LogP contribution in [0.5, 0.6) is 5.75 Å². The quantitative estimate of drug-likeness (QED) is 0.0181. The van der Waals surface area contributed by atoms with Gasteiger partial charge in [-0.3, -0.25) is 72.1 Å². The summed E-state index contributed by atoms with van der Waals surface area (Å²) in [5.74, 6) is -15.1. The van der Waals surface area contributed by atoms with E-state index in [4.69, 9.17) is 22.3 Å². The minimum absolute atomic E-state index is 0.0109. The molecular weight excluding hydrogens is 1400 g/mol. The van der Waals surface area contributed by atoms with Crippen molar-refractivity contribution < 1.29 is 97.5 Å². The molecule has 0 spiro atoms. The van der Waals surface area contributed by atoms with Crippen LogP contribution in [-0.2, 0) is 78.3 Å². The number of benzene rings is 1. The first-order valence-corrected chi connectivity index (χ1v) is 37.4. The summed E-state index contributed by atoms with van der Waals surface area (Å²) in [6.45, 7) is 13.5. The maximum atomic E-state index is 14.6. The molecule has 3 aliphatic rings. The van der Waals surface area contributed by atoms with Crippen molar-refractivity contribution in [3.8, 4) is 5.75 Å². The number of carboxylic acid groups (broad SMARTS) is 3. The number of aliphatic hydroxyl groups is 1. The molecule has 3 fully saturated rings. The zero-order valence-corrected chi connectivity index (χ0v) is 62.6. The Morgan fingerprint density at radius 1 is 0.547 bits per heavy atom. The molecule has 12 amide bonds. The molecular formula is C69H110N16O20S. The van der Waals surface area contributed by atoms with E-state index in [1.165, 1.54) is 64.6 Å². The summed E-state index contributed by atoms with van der Waals surface area (Å²) in [6.07, 6.45) is -0.195. The Kier molecular flexibility index (Phi) is 36.3. The number of aliphatic carboxylic acids is 3. The van der Waals surface area contributed by atoms with E-state index in [-0.39, 0.29) is 101 Å². The van der Waals surface area contributed by atoms with E-state index < -0.39 is 211 Å².